The van der Waals surface area contributed by atoms with Gasteiger partial charge in [-0.15, -0.1) is 0 Å². The minimum atomic E-state index is 0.153. The highest BCUT2D eigenvalue weighted by Crippen LogP contribution is 2.32. The van der Waals surface area contributed by atoms with Crippen LogP contribution in [0.4, 0.5) is 5.69 Å². The standard InChI is InChI=1S/C21H26N2O3/c1-25-18-10-11-20(26-2)16(13-18)14-23(17-8-9-17)21(24)12-7-15-5-3-4-6-19(15)22/h3-6,10-11,13,17H,7-9,12,14,22H2,1-2H3. The van der Waals surface area contributed by atoms with Gasteiger partial charge >= 0.3 is 0 Å². The average Bonchev–Trinajstić information content (AvgIpc) is 3.50. The molecule has 5 nitrogen and oxygen atoms in total. The second-order valence-corrected chi connectivity index (χ2v) is 6.63. The Morgan fingerprint density at radius 2 is 1.88 bits per heavy atom. The summed E-state index contributed by atoms with van der Waals surface area (Å²) < 4.78 is 10.8. The van der Waals surface area contributed by atoms with Gasteiger partial charge in [0, 0.05) is 30.3 Å². The molecule has 0 spiro atoms. The highest BCUT2D eigenvalue weighted by Gasteiger charge is 2.32. The number of rotatable bonds is 8. The van der Waals surface area contributed by atoms with E-state index in [0.29, 0.717) is 25.4 Å². The zero-order chi connectivity index (χ0) is 18.5. The van der Waals surface area contributed by atoms with Crippen molar-refractivity contribution in [3.63, 3.8) is 0 Å². The lowest BCUT2D eigenvalue weighted by atomic mass is 10.1. The van der Waals surface area contributed by atoms with Crippen LogP contribution in [0.1, 0.15) is 30.4 Å². The molecule has 0 unspecified atom stereocenters. The maximum Gasteiger partial charge on any atom is 0.223 e. The Bertz CT molecular complexity index is 772. The summed E-state index contributed by atoms with van der Waals surface area (Å²) in [5, 5.41) is 0. The molecule has 5 heteroatoms. The van der Waals surface area contributed by atoms with E-state index in [1.807, 2.05) is 47.4 Å². The molecule has 1 aliphatic rings. The topological polar surface area (TPSA) is 64.8 Å². The van der Waals surface area contributed by atoms with Gasteiger partial charge in [0.2, 0.25) is 5.91 Å². The number of para-hydroxylation sites is 1. The number of methoxy groups -OCH3 is 2. The SMILES string of the molecule is COc1ccc(OC)c(CN(C(=O)CCc2ccccc2N)C2CC2)c1. The summed E-state index contributed by atoms with van der Waals surface area (Å²) in [6.45, 7) is 0.536. The Morgan fingerprint density at radius 3 is 2.54 bits per heavy atom. The van der Waals surface area contributed by atoms with Crippen LogP contribution in [0.2, 0.25) is 0 Å². The van der Waals surface area contributed by atoms with E-state index in [2.05, 4.69) is 0 Å². The van der Waals surface area contributed by atoms with Gasteiger partial charge in [0.15, 0.2) is 0 Å². The predicted molar refractivity (Wildman–Crippen MR) is 102 cm³/mol. The fraction of sp³-hybridized carbons (Fsp3) is 0.381. The first-order chi connectivity index (χ1) is 12.6. The molecule has 0 aromatic heterocycles. The number of hydrogen-bond acceptors (Lipinski definition) is 4. The first-order valence-electron chi connectivity index (χ1n) is 8.96. The molecule has 0 atom stereocenters. The quantitative estimate of drug-likeness (QED) is 0.738. The summed E-state index contributed by atoms with van der Waals surface area (Å²) in [5.41, 5.74) is 8.72. The van der Waals surface area contributed by atoms with Gasteiger partial charge in [0.05, 0.1) is 14.2 Å². The molecular weight excluding hydrogens is 328 g/mol. The number of nitrogens with two attached hydrogens (primary N) is 1. The second-order valence-electron chi connectivity index (χ2n) is 6.63. The van der Waals surface area contributed by atoms with Gasteiger partial charge in [-0.2, -0.15) is 0 Å². The van der Waals surface area contributed by atoms with Crippen molar-refractivity contribution in [3.05, 3.63) is 53.6 Å². The van der Waals surface area contributed by atoms with Gasteiger partial charge in [-0.1, -0.05) is 18.2 Å². The van der Waals surface area contributed by atoms with E-state index < -0.39 is 0 Å². The second kappa shape index (κ2) is 8.13. The van der Waals surface area contributed by atoms with E-state index >= 15 is 0 Å². The monoisotopic (exact) mass is 354 g/mol. The number of anilines is 1. The zero-order valence-electron chi connectivity index (χ0n) is 15.4. The van der Waals surface area contributed by atoms with E-state index in [0.717, 1.165) is 41.2 Å². The molecule has 2 N–H and O–H groups in total. The molecule has 3 rings (SSSR count). The number of carbonyl (C=O) groups excluding carboxylic acids is 1. The van der Waals surface area contributed by atoms with Crippen molar-refractivity contribution in [2.75, 3.05) is 20.0 Å². The predicted octanol–water partition coefficient (Wildman–Crippen LogP) is 3.41. The molecule has 1 aliphatic carbocycles. The first-order valence-corrected chi connectivity index (χ1v) is 8.96. The summed E-state index contributed by atoms with van der Waals surface area (Å²) in [4.78, 5) is 14.8. The number of amides is 1. The largest absolute Gasteiger partial charge is 0.497 e. The molecule has 138 valence electrons. The minimum Gasteiger partial charge on any atom is -0.497 e. The fourth-order valence-corrected chi connectivity index (χ4v) is 3.14. The Kier molecular flexibility index (Phi) is 5.66. The van der Waals surface area contributed by atoms with Gasteiger partial charge in [-0.05, 0) is 49.1 Å². The summed E-state index contributed by atoms with van der Waals surface area (Å²) in [7, 11) is 3.28. The highest BCUT2D eigenvalue weighted by atomic mass is 16.5. The number of aryl methyl sites for hydroxylation is 1. The average molecular weight is 354 g/mol. The van der Waals surface area contributed by atoms with Crippen LogP contribution in [0.15, 0.2) is 42.5 Å². The van der Waals surface area contributed by atoms with Crippen molar-refractivity contribution in [2.24, 2.45) is 0 Å². The van der Waals surface area contributed by atoms with Gasteiger partial charge in [-0.25, -0.2) is 0 Å². The van der Waals surface area contributed by atoms with Gasteiger partial charge in [-0.3, -0.25) is 4.79 Å². The number of hydrogen-bond donors (Lipinski definition) is 1. The molecular formula is C21H26N2O3. The molecule has 2 aromatic rings. The fourth-order valence-electron chi connectivity index (χ4n) is 3.14. The lowest BCUT2D eigenvalue weighted by Gasteiger charge is -2.24. The minimum absolute atomic E-state index is 0.153. The Morgan fingerprint density at radius 1 is 1.12 bits per heavy atom. The van der Waals surface area contributed by atoms with E-state index in [9.17, 15) is 4.79 Å². The van der Waals surface area contributed by atoms with Crippen molar-refractivity contribution in [2.45, 2.75) is 38.3 Å². The number of nitrogen functional groups attached to an aromatic ring is 1. The molecule has 26 heavy (non-hydrogen) atoms. The summed E-state index contributed by atoms with van der Waals surface area (Å²) >= 11 is 0. The third-order valence-corrected chi connectivity index (χ3v) is 4.80. The Labute approximate surface area is 154 Å². The molecule has 1 amide bonds. The number of nitrogens with zero attached hydrogens (tertiary/aromatic N) is 1. The summed E-state index contributed by atoms with van der Waals surface area (Å²) in [6.07, 6.45) is 3.23. The van der Waals surface area contributed by atoms with Crippen LogP contribution >= 0.6 is 0 Å². The van der Waals surface area contributed by atoms with Crippen molar-refractivity contribution >= 4 is 11.6 Å². The smallest absolute Gasteiger partial charge is 0.223 e. The van der Waals surface area contributed by atoms with Gasteiger partial charge in [0.25, 0.3) is 0 Å². The molecule has 2 aromatic carbocycles. The summed E-state index contributed by atoms with van der Waals surface area (Å²) in [6, 6.07) is 13.7. The van der Waals surface area contributed by atoms with Gasteiger partial charge in [0.1, 0.15) is 11.5 Å². The van der Waals surface area contributed by atoms with Crippen LogP contribution < -0.4 is 15.2 Å². The van der Waals surface area contributed by atoms with Crippen LogP contribution in [0, 0.1) is 0 Å². The molecule has 1 fully saturated rings. The zero-order valence-corrected chi connectivity index (χ0v) is 15.4. The number of benzene rings is 2. The van der Waals surface area contributed by atoms with E-state index in [1.54, 1.807) is 14.2 Å². The van der Waals surface area contributed by atoms with E-state index in [4.69, 9.17) is 15.2 Å². The summed E-state index contributed by atoms with van der Waals surface area (Å²) in [5.74, 6) is 1.69. The molecule has 0 bridgehead atoms. The Balaban J connectivity index is 1.71. The third-order valence-electron chi connectivity index (χ3n) is 4.80. The normalized spacial score (nSPS) is 13.3. The van der Waals surface area contributed by atoms with Crippen LogP contribution in [0.25, 0.3) is 0 Å². The lowest BCUT2D eigenvalue weighted by molar-refractivity contribution is -0.132. The lowest BCUT2D eigenvalue weighted by Crippen LogP contribution is -2.33. The number of ether oxygens (including phenoxy) is 2. The molecule has 0 heterocycles. The van der Waals surface area contributed by atoms with Crippen molar-refractivity contribution in [1.29, 1.82) is 0 Å². The molecule has 0 radical (unpaired) electrons. The molecule has 1 saturated carbocycles. The van der Waals surface area contributed by atoms with Crippen LogP contribution in [0.5, 0.6) is 11.5 Å². The number of carbonyl (C=O) groups is 1. The van der Waals surface area contributed by atoms with Crippen LogP contribution in [-0.4, -0.2) is 31.1 Å². The third kappa shape index (κ3) is 4.28. The van der Waals surface area contributed by atoms with Crippen LogP contribution in [-0.2, 0) is 17.8 Å². The van der Waals surface area contributed by atoms with Crippen molar-refractivity contribution < 1.29 is 14.3 Å². The highest BCUT2D eigenvalue weighted by molar-refractivity contribution is 5.77. The van der Waals surface area contributed by atoms with Crippen molar-refractivity contribution in [1.82, 2.24) is 4.90 Å². The molecule has 0 aliphatic heterocycles. The van der Waals surface area contributed by atoms with E-state index in [1.165, 1.54) is 0 Å². The maximum atomic E-state index is 12.9. The van der Waals surface area contributed by atoms with Crippen LogP contribution in [0.3, 0.4) is 0 Å². The maximum absolute atomic E-state index is 12.9. The van der Waals surface area contributed by atoms with E-state index in [-0.39, 0.29) is 5.91 Å². The Hall–Kier alpha value is -2.69. The van der Waals surface area contributed by atoms with Gasteiger partial charge < -0.3 is 20.1 Å². The van der Waals surface area contributed by atoms with Crippen molar-refractivity contribution in [3.8, 4) is 11.5 Å². The first kappa shape index (κ1) is 18.1. The molecule has 0 saturated heterocycles.